The van der Waals surface area contributed by atoms with Gasteiger partial charge in [0.2, 0.25) is 0 Å². The highest BCUT2D eigenvalue weighted by Gasteiger charge is 2.29. The summed E-state index contributed by atoms with van der Waals surface area (Å²) >= 11 is 0. The summed E-state index contributed by atoms with van der Waals surface area (Å²) < 4.78 is 4.79. The molecule has 0 aromatic carbocycles. The third-order valence-corrected chi connectivity index (χ3v) is 2.75. The van der Waals surface area contributed by atoms with E-state index >= 15 is 0 Å². The molecule has 0 unspecified atom stereocenters. The van der Waals surface area contributed by atoms with Crippen LogP contribution in [0.1, 0.15) is 25.7 Å². The third-order valence-electron chi connectivity index (χ3n) is 2.75. The second-order valence-corrected chi connectivity index (χ2v) is 3.71. The molecular weight excluding hydrogens is 170 g/mol. The van der Waals surface area contributed by atoms with Gasteiger partial charge in [-0.25, -0.2) is 4.79 Å². The van der Waals surface area contributed by atoms with Gasteiger partial charge in [0.05, 0.1) is 0 Å². The van der Waals surface area contributed by atoms with Gasteiger partial charge in [-0.05, 0) is 25.7 Å². The smallest absolute Gasteiger partial charge is 0.423 e. The fourth-order valence-electron chi connectivity index (χ4n) is 1.92. The Morgan fingerprint density at radius 2 is 2.08 bits per heavy atom. The quantitative estimate of drug-likeness (QED) is 0.611. The number of hydrogen-bond acceptors (Lipinski definition) is 4. The molecule has 1 aliphatic carbocycles. The van der Waals surface area contributed by atoms with Crippen molar-refractivity contribution in [2.45, 2.75) is 37.8 Å². The Morgan fingerprint density at radius 1 is 1.38 bits per heavy atom. The van der Waals surface area contributed by atoms with E-state index in [1.807, 2.05) is 5.01 Å². The summed E-state index contributed by atoms with van der Waals surface area (Å²) in [5.74, 6) is 0. The first kappa shape index (κ1) is 8.77. The molecule has 1 heterocycles. The van der Waals surface area contributed by atoms with Crippen molar-refractivity contribution in [1.82, 2.24) is 10.4 Å². The number of ether oxygens (including phenoxy) is 1. The number of rotatable bonds is 1. The third kappa shape index (κ3) is 1.92. The number of hydrazine groups is 1. The Balaban J connectivity index is 1.84. The maximum atomic E-state index is 10.8. The molecule has 2 rings (SSSR count). The average molecular weight is 185 g/mol. The Bertz CT molecular complexity index is 202. The first-order valence-electron chi connectivity index (χ1n) is 4.71. The van der Waals surface area contributed by atoms with E-state index in [4.69, 9.17) is 10.5 Å². The molecule has 0 bridgehead atoms. The molecule has 1 amide bonds. The van der Waals surface area contributed by atoms with Crippen molar-refractivity contribution >= 4 is 6.09 Å². The molecule has 0 spiro atoms. The number of hydrogen-bond donors (Lipinski definition) is 2. The first-order valence-corrected chi connectivity index (χ1v) is 4.71. The highest BCUT2D eigenvalue weighted by Crippen LogP contribution is 2.22. The van der Waals surface area contributed by atoms with E-state index in [9.17, 15) is 4.79 Å². The lowest BCUT2D eigenvalue weighted by Crippen LogP contribution is -2.45. The maximum Gasteiger partial charge on any atom is 0.423 e. The van der Waals surface area contributed by atoms with Gasteiger partial charge in [-0.1, -0.05) is 0 Å². The fourth-order valence-corrected chi connectivity index (χ4v) is 1.92. The lowest BCUT2D eigenvalue weighted by Gasteiger charge is -2.30. The highest BCUT2D eigenvalue weighted by atomic mass is 16.6. The number of carbonyl (C=O) groups excluding carboxylic acids is 1. The van der Waals surface area contributed by atoms with Gasteiger partial charge in [0.15, 0.2) is 6.73 Å². The van der Waals surface area contributed by atoms with Gasteiger partial charge in [-0.2, -0.15) is 5.01 Å². The van der Waals surface area contributed by atoms with E-state index in [1.54, 1.807) is 0 Å². The van der Waals surface area contributed by atoms with Gasteiger partial charge >= 0.3 is 6.09 Å². The molecule has 1 aliphatic heterocycles. The summed E-state index contributed by atoms with van der Waals surface area (Å²) in [6.45, 7) is 0.374. The predicted molar refractivity (Wildman–Crippen MR) is 46.6 cm³/mol. The van der Waals surface area contributed by atoms with Crippen molar-refractivity contribution in [3.8, 4) is 0 Å². The lowest BCUT2D eigenvalue weighted by molar-refractivity contribution is 0.0857. The zero-order chi connectivity index (χ0) is 9.26. The molecule has 1 saturated carbocycles. The van der Waals surface area contributed by atoms with Gasteiger partial charge in [0.1, 0.15) is 0 Å². The minimum atomic E-state index is -0.338. The van der Waals surface area contributed by atoms with E-state index in [-0.39, 0.29) is 6.09 Å². The number of carbonyl (C=O) groups is 1. The van der Waals surface area contributed by atoms with Crippen molar-refractivity contribution in [1.29, 1.82) is 0 Å². The molecule has 0 aromatic heterocycles. The molecule has 5 nitrogen and oxygen atoms in total. The minimum absolute atomic E-state index is 0.338. The minimum Gasteiger partial charge on any atom is -0.431 e. The van der Waals surface area contributed by atoms with Crippen molar-refractivity contribution in [2.24, 2.45) is 5.73 Å². The molecule has 13 heavy (non-hydrogen) atoms. The van der Waals surface area contributed by atoms with Gasteiger partial charge < -0.3 is 10.5 Å². The Morgan fingerprint density at radius 3 is 2.62 bits per heavy atom. The summed E-state index contributed by atoms with van der Waals surface area (Å²) in [7, 11) is 0. The zero-order valence-corrected chi connectivity index (χ0v) is 7.53. The van der Waals surface area contributed by atoms with Crippen LogP contribution in [0.2, 0.25) is 0 Å². The monoisotopic (exact) mass is 185 g/mol. The van der Waals surface area contributed by atoms with Gasteiger partial charge in [-0.3, -0.25) is 5.43 Å². The van der Waals surface area contributed by atoms with E-state index in [0.717, 1.165) is 25.7 Å². The van der Waals surface area contributed by atoms with Crippen LogP contribution in [0.25, 0.3) is 0 Å². The van der Waals surface area contributed by atoms with Crippen molar-refractivity contribution in [3.63, 3.8) is 0 Å². The normalized spacial score (nSPS) is 35.6. The summed E-state index contributed by atoms with van der Waals surface area (Å²) in [6, 6.07) is 0.752. The SMILES string of the molecule is N[C@H]1CC[C@H](N2COC(=O)N2)CC1. The summed E-state index contributed by atoms with van der Waals surface area (Å²) in [5, 5.41) is 1.87. The zero-order valence-electron chi connectivity index (χ0n) is 7.53. The van der Waals surface area contributed by atoms with Crippen LogP contribution >= 0.6 is 0 Å². The van der Waals surface area contributed by atoms with Crippen LogP contribution in [-0.4, -0.2) is 29.9 Å². The molecule has 2 aliphatic rings. The van der Waals surface area contributed by atoms with E-state index in [2.05, 4.69) is 5.43 Å². The fraction of sp³-hybridized carbons (Fsp3) is 0.875. The van der Waals surface area contributed by atoms with Crippen LogP contribution in [0.4, 0.5) is 4.79 Å². The summed E-state index contributed by atoms with van der Waals surface area (Å²) in [6.07, 6.45) is 3.83. The van der Waals surface area contributed by atoms with Crippen LogP contribution in [0.5, 0.6) is 0 Å². The van der Waals surface area contributed by atoms with Gasteiger partial charge in [-0.15, -0.1) is 0 Å². The number of nitrogens with two attached hydrogens (primary N) is 1. The Labute approximate surface area is 77.2 Å². The number of nitrogens with zero attached hydrogens (tertiary/aromatic N) is 1. The van der Waals surface area contributed by atoms with E-state index in [1.165, 1.54) is 0 Å². The lowest BCUT2D eigenvalue weighted by atomic mass is 9.92. The van der Waals surface area contributed by atoms with Crippen LogP contribution in [0, 0.1) is 0 Å². The number of nitrogens with one attached hydrogen (secondary N) is 1. The van der Waals surface area contributed by atoms with Crippen molar-refractivity contribution in [3.05, 3.63) is 0 Å². The molecule has 5 heteroatoms. The summed E-state index contributed by atoms with van der Waals surface area (Å²) in [5.41, 5.74) is 8.46. The maximum absolute atomic E-state index is 10.8. The first-order chi connectivity index (χ1) is 6.25. The van der Waals surface area contributed by atoms with Crippen LogP contribution in [0.15, 0.2) is 0 Å². The molecule has 74 valence electrons. The van der Waals surface area contributed by atoms with Gasteiger partial charge in [0.25, 0.3) is 0 Å². The average Bonchev–Trinajstić information content (AvgIpc) is 2.53. The van der Waals surface area contributed by atoms with E-state index in [0.29, 0.717) is 18.8 Å². The Hall–Kier alpha value is -0.810. The molecule has 0 atom stereocenters. The van der Waals surface area contributed by atoms with Crippen LogP contribution < -0.4 is 11.2 Å². The molecule has 1 saturated heterocycles. The number of amides is 1. The molecular formula is C8H15N3O2. The highest BCUT2D eigenvalue weighted by molar-refractivity contribution is 5.67. The predicted octanol–water partition coefficient (Wildman–Crippen LogP) is 0.171. The molecule has 0 radical (unpaired) electrons. The number of cyclic esters (lactones) is 1. The molecule has 2 fully saturated rings. The topological polar surface area (TPSA) is 67.6 Å². The molecule has 3 N–H and O–H groups in total. The second-order valence-electron chi connectivity index (χ2n) is 3.71. The van der Waals surface area contributed by atoms with Crippen molar-refractivity contribution in [2.75, 3.05) is 6.73 Å². The summed E-state index contributed by atoms with van der Waals surface area (Å²) in [4.78, 5) is 10.8. The second kappa shape index (κ2) is 3.51. The standard InChI is InChI=1S/C8H15N3O2/c9-6-1-3-7(4-2-6)11-5-13-8(12)10-11/h6-7H,1-5,9H2,(H,10,12)/t6-,7-. The van der Waals surface area contributed by atoms with Crippen LogP contribution in [-0.2, 0) is 4.74 Å². The van der Waals surface area contributed by atoms with Crippen LogP contribution in [0.3, 0.4) is 0 Å². The van der Waals surface area contributed by atoms with Gasteiger partial charge in [0, 0.05) is 12.1 Å². The van der Waals surface area contributed by atoms with E-state index < -0.39 is 0 Å². The molecule has 0 aromatic rings. The Kier molecular flexibility index (Phi) is 2.37. The van der Waals surface area contributed by atoms with Crippen molar-refractivity contribution < 1.29 is 9.53 Å². The largest absolute Gasteiger partial charge is 0.431 e.